The molecule has 0 amide bonds. The van der Waals surface area contributed by atoms with Crippen LogP contribution in [0, 0.1) is 5.82 Å². The molecule has 0 bridgehead atoms. The Labute approximate surface area is 113 Å². The molecular formula is C13H12FNO3S. The van der Waals surface area contributed by atoms with Gasteiger partial charge in [-0.3, -0.25) is 0 Å². The number of hydrogen-bond donors (Lipinski definition) is 2. The second kappa shape index (κ2) is 5.71. The highest BCUT2D eigenvalue weighted by atomic mass is 32.1. The van der Waals surface area contributed by atoms with Crippen LogP contribution >= 0.6 is 11.3 Å². The van der Waals surface area contributed by atoms with E-state index in [4.69, 9.17) is 9.84 Å². The molecule has 0 saturated heterocycles. The molecule has 2 N–H and O–H groups in total. The summed E-state index contributed by atoms with van der Waals surface area (Å²) in [6.45, 7) is 0.340. The van der Waals surface area contributed by atoms with Gasteiger partial charge in [0.05, 0.1) is 12.8 Å². The van der Waals surface area contributed by atoms with Crippen molar-refractivity contribution in [1.29, 1.82) is 0 Å². The number of benzene rings is 1. The lowest BCUT2D eigenvalue weighted by atomic mass is 10.2. The highest BCUT2D eigenvalue weighted by molar-refractivity contribution is 7.12. The first-order chi connectivity index (χ1) is 9.11. The lowest BCUT2D eigenvalue weighted by Crippen LogP contribution is -2.05. The standard InChI is InChI=1S/C13H12FNO3S/c1-18-11-6-9(14)2-3-10(11)15-7-8-4-5-19-12(8)13(16)17/h2-6,15H,7H2,1H3,(H,16,17). The van der Waals surface area contributed by atoms with Gasteiger partial charge in [-0.15, -0.1) is 11.3 Å². The molecular weight excluding hydrogens is 269 g/mol. The van der Waals surface area contributed by atoms with Crippen molar-refractivity contribution in [2.75, 3.05) is 12.4 Å². The molecule has 0 saturated carbocycles. The molecule has 0 aliphatic heterocycles. The van der Waals surface area contributed by atoms with Crippen LogP contribution in [0.4, 0.5) is 10.1 Å². The van der Waals surface area contributed by atoms with E-state index in [9.17, 15) is 9.18 Å². The van der Waals surface area contributed by atoms with Crippen molar-refractivity contribution in [2.24, 2.45) is 0 Å². The van der Waals surface area contributed by atoms with Crippen molar-refractivity contribution in [3.63, 3.8) is 0 Å². The van der Waals surface area contributed by atoms with Gasteiger partial charge in [0.15, 0.2) is 0 Å². The number of carbonyl (C=O) groups is 1. The van der Waals surface area contributed by atoms with Gasteiger partial charge < -0.3 is 15.2 Å². The predicted molar refractivity (Wildman–Crippen MR) is 71.6 cm³/mol. The second-order valence-electron chi connectivity index (χ2n) is 3.78. The molecule has 1 aromatic heterocycles. The van der Waals surface area contributed by atoms with Gasteiger partial charge in [0.1, 0.15) is 16.4 Å². The number of thiophene rings is 1. The molecule has 0 aliphatic carbocycles. The Morgan fingerprint density at radius 1 is 1.47 bits per heavy atom. The first-order valence-electron chi connectivity index (χ1n) is 5.49. The summed E-state index contributed by atoms with van der Waals surface area (Å²) in [4.78, 5) is 11.3. The Morgan fingerprint density at radius 3 is 2.95 bits per heavy atom. The number of carboxylic acid groups (broad SMARTS) is 1. The van der Waals surface area contributed by atoms with Crippen LogP contribution in [-0.2, 0) is 6.54 Å². The van der Waals surface area contributed by atoms with Gasteiger partial charge in [0.25, 0.3) is 0 Å². The van der Waals surface area contributed by atoms with E-state index in [1.165, 1.54) is 30.6 Å². The fourth-order valence-electron chi connectivity index (χ4n) is 1.66. The van der Waals surface area contributed by atoms with Crippen molar-refractivity contribution in [2.45, 2.75) is 6.54 Å². The van der Waals surface area contributed by atoms with E-state index in [1.807, 2.05) is 0 Å². The van der Waals surface area contributed by atoms with Crippen LogP contribution in [0.25, 0.3) is 0 Å². The third-order valence-electron chi connectivity index (χ3n) is 2.57. The van der Waals surface area contributed by atoms with Gasteiger partial charge in [0, 0.05) is 12.6 Å². The lowest BCUT2D eigenvalue weighted by molar-refractivity contribution is 0.0701. The van der Waals surface area contributed by atoms with Crippen LogP contribution < -0.4 is 10.1 Å². The minimum Gasteiger partial charge on any atom is -0.494 e. The average Bonchev–Trinajstić information content (AvgIpc) is 2.85. The number of methoxy groups -OCH3 is 1. The van der Waals surface area contributed by atoms with E-state index in [0.717, 1.165) is 0 Å². The van der Waals surface area contributed by atoms with Gasteiger partial charge in [-0.1, -0.05) is 0 Å². The minimum absolute atomic E-state index is 0.300. The summed E-state index contributed by atoms with van der Waals surface area (Å²) in [6, 6.07) is 5.89. The molecule has 1 heterocycles. The molecule has 2 rings (SSSR count). The summed E-state index contributed by atoms with van der Waals surface area (Å²) in [6.07, 6.45) is 0. The zero-order valence-electron chi connectivity index (χ0n) is 10.1. The summed E-state index contributed by atoms with van der Waals surface area (Å²) >= 11 is 1.17. The minimum atomic E-state index is -0.946. The number of nitrogens with one attached hydrogen (secondary N) is 1. The van der Waals surface area contributed by atoms with Crippen molar-refractivity contribution in [3.8, 4) is 5.75 Å². The van der Waals surface area contributed by atoms with Gasteiger partial charge in [-0.25, -0.2) is 9.18 Å². The van der Waals surface area contributed by atoms with Crippen molar-refractivity contribution in [3.05, 3.63) is 45.9 Å². The number of carboxylic acids is 1. The van der Waals surface area contributed by atoms with Crippen LogP contribution in [0.1, 0.15) is 15.2 Å². The number of anilines is 1. The lowest BCUT2D eigenvalue weighted by Gasteiger charge is -2.11. The number of rotatable bonds is 5. The van der Waals surface area contributed by atoms with E-state index in [-0.39, 0.29) is 5.82 Å². The molecule has 1 aromatic carbocycles. The maximum atomic E-state index is 13.0. The normalized spacial score (nSPS) is 10.2. The Balaban J connectivity index is 2.14. The van der Waals surface area contributed by atoms with Crippen LogP contribution in [0.15, 0.2) is 29.6 Å². The molecule has 0 radical (unpaired) electrons. The number of halogens is 1. The van der Waals surface area contributed by atoms with Crippen LogP contribution in [0.3, 0.4) is 0 Å². The summed E-state index contributed by atoms with van der Waals surface area (Å²) in [5, 5.41) is 13.8. The van der Waals surface area contributed by atoms with Gasteiger partial charge in [-0.05, 0) is 29.1 Å². The van der Waals surface area contributed by atoms with Crippen molar-refractivity contribution in [1.82, 2.24) is 0 Å². The molecule has 0 unspecified atom stereocenters. The Bertz CT molecular complexity index is 597. The molecule has 6 heteroatoms. The number of aromatic carboxylic acids is 1. The summed E-state index contributed by atoms with van der Waals surface area (Å²) in [5.74, 6) is -0.950. The maximum absolute atomic E-state index is 13.0. The third kappa shape index (κ3) is 3.03. The number of hydrogen-bond acceptors (Lipinski definition) is 4. The maximum Gasteiger partial charge on any atom is 0.346 e. The second-order valence-corrected chi connectivity index (χ2v) is 4.69. The van der Waals surface area contributed by atoms with Crippen molar-refractivity contribution < 1.29 is 19.0 Å². The largest absolute Gasteiger partial charge is 0.494 e. The molecule has 19 heavy (non-hydrogen) atoms. The smallest absolute Gasteiger partial charge is 0.346 e. The molecule has 0 aliphatic rings. The monoisotopic (exact) mass is 281 g/mol. The SMILES string of the molecule is COc1cc(F)ccc1NCc1ccsc1C(=O)O. The summed E-state index contributed by atoms with van der Waals surface area (Å²) in [5.41, 5.74) is 1.30. The highest BCUT2D eigenvalue weighted by Crippen LogP contribution is 2.26. The topological polar surface area (TPSA) is 58.6 Å². The Hall–Kier alpha value is -2.08. The zero-order valence-corrected chi connectivity index (χ0v) is 11.0. The first-order valence-corrected chi connectivity index (χ1v) is 6.37. The highest BCUT2D eigenvalue weighted by Gasteiger charge is 2.12. The average molecular weight is 281 g/mol. The molecule has 4 nitrogen and oxygen atoms in total. The van der Waals surface area contributed by atoms with Crippen LogP contribution in [-0.4, -0.2) is 18.2 Å². The van der Waals surface area contributed by atoms with Crippen LogP contribution in [0.5, 0.6) is 5.75 Å². The molecule has 0 atom stereocenters. The quantitative estimate of drug-likeness (QED) is 0.883. The summed E-state index contributed by atoms with van der Waals surface area (Å²) in [7, 11) is 1.45. The zero-order chi connectivity index (χ0) is 13.8. The molecule has 0 fully saturated rings. The third-order valence-corrected chi connectivity index (χ3v) is 3.52. The van der Waals surface area contributed by atoms with Gasteiger partial charge >= 0.3 is 5.97 Å². The molecule has 2 aromatic rings. The van der Waals surface area contributed by atoms with E-state index in [1.54, 1.807) is 17.5 Å². The van der Waals surface area contributed by atoms with Gasteiger partial charge in [-0.2, -0.15) is 0 Å². The van der Waals surface area contributed by atoms with E-state index < -0.39 is 5.97 Å². The van der Waals surface area contributed by atoms with E-state index in [2.05, 4.69) is 5.32 Å². The fraction of sp³-hybridized carbons (Fsp3) is 0.154. The molecule has 0 spiro atoms. The van der Waals surface area contributed by atoms with Crippen LogP contribution in [0.2, 0.25) is 0 Å². The Kier molecular flexibility index (Phi) is 4.01. The first kappa shape index (κ1) is 13.4. The van der Waals surface area contributed by atoms with E-state index >= 15 is 0 Å². The van der Waals surface area contributed by atoms with Gasteiger partial charge in [0.2, 0.25) is 0 Å². The van der Waals surface area contributed by atoms with Crippen molar-refractivity contribution >= 4 is 23.0 Å². The Morgan fingerprint density at radius 2 is 2.26 bits per heavy atom. The van der Waals surface area contributed by atoms with E-state index in [0.29, 0.717) is 28.4 Å². The fourth-order valence-corrected chi connectivity index (χ4v) is 2.42. The number of ether oxygens (including phenoxy) is 1. The molecule has 100 valence electrons. The summed E-state index contributed by atoms with van der Waals surface area (Å²) < 4.78 is 18.1. The predicted octanol–water partition coefficient (Wildman–Crippen LogP) is 3.21.